The van der Waals surface area contributed by atoms with Crippen molar-refractivity contribution in [3.05, 3.63) is 48.8 Å². The molecule has 1 aromatic carbocycles. The third-order valence-corrected chi connectivity index (χ3v) is 6.38. The molecule has 1 heterocycles. The number of aromatic nitrogens is 1. The van der Waals surface area contributed by atoms with Crippen LogP contribution in [0, 0.1) is 5.92 Å². The van der Waals surface area contributed by atoms with E-state index in [2.05, 4.69) is 4.72 Å². The molecule has 0 fully saturated rings. The molecule has 0 aliphatic rings. The number of rotatable bonds is 7. The van der Waals surface area contributed by atoms with Crippen molar-refractivity contribution in [1.29, 1.82) is 0 Å². The van der Waals surface area contributed by atoms with Gasteiger partial charge in [0.2, 0.25) is 10.0 Å². The van der Waals surface area contributed by atoms with E-state index < -0.39 is 20.0 Å². The summed E-state index contributed by atoms with van der Waals surface area (Å²) in [5.41, 5.74) is 0. The molecule has 0 amide bonds. The summed E-state index contributed by atoms with van der Waals surface area (Å²) in [6, 6.07) is 9.14. The van der Waals surface area contributed by atoms with E-state index in [1.54, 1.807) is 18.2 Å². The van der Waals surface area contributed by atoms with Gasteiger partial charge in [-0.1, -0.05) is 32.0 Å². The van der Waals surface area contributed by atoms with Crippen LogP contribution in [0.25, 0.3) is 0 Å². The van der Waals surface area contributed by atoms with Crippen LogP contribution in [0.5, 0.6) is 0 Å². The number of benzene rings is 1. The fourth-order valence-electron chi connectivity index (χ4n) is 1.95. The molecule has 0 bridgehead atoms. The van der Waals surface area contributed by atoms with Gasteiger partial charge in [0.15, 0.2) is 0 Å². The summed E-state index contributed by atoms with van der Waals surface area (Å²) < 4.78 is 52.6. The van der Waals surface area contributed by atoms with Crippen LogP contribution >= 0.6 is 0 Å². The molecule has 0 radical (unpaired) electrons. The first-order chi connectivity index (χ1) is 10.7. The molecule has 0 saturated carbocycles. The monoisotopic (exact) mass is 356 g/mol. The Bertz CT molecular complexity index is 854. The van der Waals surface area contributed by atoms with Gasteiger partial charge >= 0.3 is 0 Å². The highest BCUT2D eigenvalue weighted by molar-refractivity contribution is 7.90. The van der Waals surface area contributed by atoms with Gasteiger partial charge in [0, 0.05) is 18.9 Å². The fourth-order valence-corrected chi connectivity index (χ4v) is 4.28. The molecule has 126 valence electrons. The molecule has 0 aliphatic carbocycles. The summed E-state index contributed by atoms with van der Waals surface area (Å²) in [6.07, 6.45) is 3.06. The van der Waals surface area contributed by atoms with Crippen LogP contribution in [-0.2, 0) is 20.0 Å². The van der Waals surface area contributed by atoms with Crippen molar-refractivity contribution < 1.29 is 16.8 Å². The maximum atomic E-state index is 12.4. The molecule has 1 aromatic heterocycles. The SMILES string of the molecule is CC(C)CCNS(=O)(=O)c1ccn(S(=O)(=O)c2ccccc2)c1. The van der Waals surface area contributed by atoms with E-state index in [0.29, 0.717) is 18.9 Å². The maximum absolute atomic E-state index is 12.4. The van der Waals surface area contributed by atoms with Crippen LogP contribution < -0.4 is 4.72 Å². The molecular weight excluding hydrogens is 336 g/mol. The van der Waals surface area contributed by atoms with E-state index in [1.807, 2.05) is 13.8 Å². The Morgan fingerprint density at radius 1 is 1.00 bits per heavy atom. The predicted molar refractivity (Wildman–Crippen MR) is 88.1 cm³/mol. The lowest BCUT2D eigenvalue weighted by Crippen LogP contribution is -2.25. The number of hydrogen-bond donors (Lipinski definition) is 1. The standard InChI is InChI=1S/C15H20N2O4S2/c1-13(2)8-10-16-22(18,19)15-9-11-17(12-15)23(20,21)14-6-4-3-5-7-14/h3-7,9,11-13,16H,8,10H2,1-2H3. The third kappa shape index (κ3) is 4.21. The van der Waals surface area contributed by atoms with Crippen molar-refractivity contribution >= 4 is 20.0 Å². The minimum Gasteiger partial charge on any atom is -0.248 e. The summed E-state index contributed by atoms with van der Waals surface area (Å²) in [4.78, 5) is 0.0353. The molecular formula is C15H20N2O4S2. The van der Waals surface area contributed by atoms with Crippen molar-refractivity contribution in [1.82, 2.24) is 8.69 Å². The van der Waals surface area contributed by atoms with Crippen molar-refractivity contribution in [2.24, 2.45) is 5.92 Å². The minimum atomic E-state index is -3.79. The highest BCUT2D eigenvalue weighted by Crippen LogP contribution is 2.17. The van der Waals surface area contributed by atoms with Gasteiger partial charge in [-0.2, -0.15) is 0 Å². The summed E-state index contributed by atoms with van der Waals surface area (Å²) in [5, 5.41) is 0. The predicted octanol–water partition coefficient (Wildman–Crippen LogP) is 2.05. The molecule has 6 nitrogen and oxygen atoms in total. The largest absolute Gasteiger partial charge is 0.267 e. The number of hydrogen-bond acceptors (Lipinski definition) is 4. The van der Waals surface area contributed by atoms with E-state index in [0.717, 1.165) is 10.2 Å². The van der Waals surface area contributed by atoms with Gasteiger partial charge in [0.1, 0.15) is 4.90 Å². The normalized spacial score (nSPS) is 12.7. The average molecular weight is 356 g/mol. The van der Waals surface area contributed by atoms with Gasteiger partial charge < -0.3 is 0 Å². The zero-order chi connectivity index (χ0) is 17.1. The maximum Gasteiger partial charge on any atom is 0.267 e. The van der Waals surface area contributed by atoms with Crippen molar-refractivity contribution in [2.75, 3.05) is 6.54 Å². The van der Waals surface area contributed by atoms with Crippen LogP contribution in [-0.4, -0.2) is 27.4 Å². The van der Waals surface area contributed by atoms with Gasteiger partial charge in [-0.15, -0.1) is 0 Å². The van der Waals surface area contributed by atoms with E-state index >= 15 is 0 Å². The minimum absolute atomic E-state index is 0.0687. The fraction of sp³-hybridized carbons (Fsp3) is 0.333. The Hall–Kier alpha value is -1.64. The molecule has 0 aliphatic heterocycles. The molecule has 2 rings (SSSR count). The summed E-state index contributed by atoms with van der Waals surface area (Å²) >= 11 is 0. The molecule has 2 aromatic rings. The highest BCUT2D eigenvalue weighted by Gasteiger charge is 2.21. The molecule has 0 unspecified atom stereocenters. The Morgan fingerprint density at radius 3 is 2.26 bits per heavy atom. The van der Waals surface area contributed by atoms with E-state index in [4.69, 9.17) is 0 Å². The third-order valence-electron chi connectivity index (χ3n) is 3.28. The Morgan fingerprint density at radius 2 is 1.65 bits per heavy atom. The summed E-state index contributed by atoms with van der Waals surface area (Å²) in [5.74, 6) is 0.376. The molecule has 8 heteroatoms. The Labute approximate surface area is 137 Å². The van der Waals surface area contributed by atoms with Gasteiger partial charge in [-0.25, -0.2) is 25.5 Å². The van der Waals surface area contributed by atoms with E-state index in [1.165, 1.54) is 24.4 Å². The van der Waals surface area contributed by atoms with E-state index in [9.17, 15) is 16.8 Å². The topological polar surface area (TPSA) is 85.2 Å². The van der Waals surface area contributed by atoms with E-state index in [-0.39, 0.29) is 9.79 Å². The second-order valence-corrected chi connectivity index (χ2v) is 9.19. The number of nitrogens with zero attached hydrogens (tertiary/aromatic N) is 1. The Balaban J connectivity index is 2.24. The van der Waals surface area contributed by atoms with Crippen molar-refractivity contribution in [3.63, 3.8) is 0 Å². The second kappa shape index (κ2) is 6.86. The molecule has 0 saturated heterocycles. The van der Waals surface area contributed by atoms with Crippen LogP contribution in [0.4, 0.5) is 0 Å². The lowest BCUT2D eigenvalue weighted by Gasteiger charge is -2.07. The van der Waals surface area contributed by atoms with Crippen molar-refractivity contribution in [2.45, 2.75) is 30.1 Å². The van der Waals surface area contributed by atoms with Gasteiger partial charge in [0.25, 0.3) is 10.0 Å². The lowest BCUT2D eigenvalue weighted by molar-refractivity contribution is 0.551. The summed E-state index contributed by atoms with van der Waals surface area (Å²) in [6.45, 7) is 4.31. The van der Waals surface area contributed by atoms with Crippen LogP contribution in [0.1, 0.15) is 20.3 Å². The number of sulfonamides is 1. The molecule has 0 spiro atoms. The number of nitrogens with one attached hydrogen (secondary N) is 1. The summed E-state index contributed by atoms with van der Waals surface area (Å²) in [7, 11) is -7.50. The second-order valence-electron chi connectivity index (χ2n) is 5.58. The first-order valence-electron chi connectivity index (χ1n) is 7.22. The lowest BCUT2D eigenvalue weighted by atomic mass is 10.1. The van der Waals surface area contributed by atoms with Gasteiger partial charge in [0.05, 0.1) is 4.90 Å². The average Bonchev–Trinajstić information content (AvgIpc) is 2.99. The molecule has 0 atom stereocenters. The van der Waals surface area contributed by atoms with Gasteiger partial charge in [-0.3, -0.25) is 0 Å². The first kappa shape index (κ1) is 17.7. The van der Waals surface area contributed by atoms with Crippen LogP contribution in [0.2, 0.25) is 0 Å². The van der Waals surface area contributed by atoms with Crippen LogP contribution in [0.15, 0.2) is 58.6 Å². The van der Waals surface area contributed by atoms with Gasteiger partial charge in [-0.05, 0) is 30.5 Å². The van der Waals surface area contributed by atoms with Crippen molar-refractivity contribution in [3.8, 4) is 0 Å². The smallest absolute Gasteiger partial charge is 0.248 e. The highest BCUT2D eigenvalue weighted by atomic mass is 32.2. The molecule has 23 heavy (non-hydrogen) atoms. The van der Waals surface area contributed by atoms with Crippen LogP contribution in [0.3, 0.4) is 0 Å². The Kier molecular flexibility index (Phi) is 5.28. The first-order valence-corrected chi connectivity index (χ1v) is 10.1. The molecule has 1 N–H and O–H groups in total. The zero-order valence-electron chi connectivity index (χ0n) is 13.0. The zero-order valence-corrected chi connectivity index (χ0v) is 14.6. The quantitative estimate of drug-likeness (QED) is 0.823.